The lowest BCUT2D eigenvalue weighted by Gasteiger charge is -2.28. The lowest BCUT2D eigenvalue weighted by atomic mass is 9.77. The first-order valence-corrected chi connectivity index (χ1v) is 8.60. The normalized spacial score (nSPS) is 21.6. The van der Waals surface area contributed by atoms with E-state index in [9.17, 15) is 17.6 Å². The molecule has 1 fully saturated rings. The van der Waals surface area contributed by atoms with Crippen molar-refractivity contribution in [2.75, 3.05) is 0 Å². The molecule has 0 amide bonds. The third-order valence-corrected chi connectivity index (χ3v) is 4.64. The molecule has 1 aliphatic rings. The van der Waals surface area contributed by atoms with E-state index in [2.05, 4.69) is 23.8 Å². The quantitative estimate of drug-likeness (QED) is 0.401. The van der Waals surface area contributed by atoms with Gasteiger partial charge in [-0.1, -0.05) is 25.5 Å². The maximum Gasteiger partial charge on any atom is 0.387 e. The summed E-state index contributed by atoms with van der Waals surface area (Å²) in [5.74, 6) is -2.43. The average molecular weight is 344 g/mol. The van der Waals surface area contributed by atoms with Crippen LogP contribution in [0.15, 0.2) is 24.3 Å². The number of hydrogen-bond acceptors (Lipinski definition) is 1. The van der Waals surface area contributed by atoms with Crippen LogP contribution < -0.4 is 4.74 Å². The highest BCUT2D eigenvalue weighted by molar-refractivity contribution is 5.33. The van der Waals surface area contributed by atoms with Crippen LogP contribution in [0.4, 0.5) is 17.6 Å². The molecule has 1 saturated carbocycles. The molecule has 1 nitrogen and oxygen atoms in total. The fraction of sp³-hybridized carbons (Fsp3) is 0.579. The van der Waals surface area contributed by atoms with Gasteiger partial charge in [-0.15, -0.1) is 0 Å². The molecule has 0 aliphatic heterocycles. The molecule has 0 unspecified atom stereocenters. The number of hydrogen-bond donors (Lipinski definition) is 0. The van der Waals surface area contributed by atoms with Gasteiger partial charge in [0.05, 0.1) is 0 Å². The van der Waals surface area contributed by atoms with Crippen LogP contribution in [-0.4, -0.2) is 6.61 Å². The molecule has 1 aromatic carbocycles. The van der Waals surface area contributed by atoms with Gasteiger partial charge in [-0.2, -0.15) is 8.78 Å². The summed E-state index contributed by atoms with van der Waals surface area (Å²) in [7, 11) is 0. The van der Waals surface area contributed by atoms with Crippen molar-refractivity contribution >= 4 is 0 Å². The van der Waals surface area contributed by atoms with Gasteiger partial charge >= 0.3 is 6.61 Å². The second kappa shape index (κ2) is 9.09. The Labute approximate surface area is 140 Å². The fourth-order valence-corrected chi connectivity index (χ4v) is 3.32. The van der Waals surface area contributed by atoms with Crippen LogP contribution in [-0.2, 0) is 0 Å². The summed E-state index contributed by atoms with van der Waals surface area (Å²) in [4.78, 5) is 0. The molecule has 5 heteroatoms. The van der Waals surface area contributed by atoms with Crippen molar-refractivity contribution in [3.8, 4) is 5.75 Å². The van der Waals surface area contributed by atoms with Gasteiger partial charge in [0.1, 0.15) is 0 Å². The first kappa shape index (κ1) is 18.8. The number of alkyl halides is 2. The van der Waals surface area contributed by atoms with E-state index in [0.717, 1.165) is 57.1 Å². The molecule has 0 bridgehead atoms. The van der Waals surface area contributed by atoms with Crippen molar-refractivity contribution in [1.82, 2.24) is 0 Å². The topological polar surface area (TPSA) is 9.23 Å². The number of benzene rings is 1. The Morgan fingerprint density at radius 1 is 1.08 bits per heavy atom. The molecule has 0 N–H and O–H groups in total. The van der Waals surface area contributed by atoms with Gasteiger partial charge in [0, 0.05) is 0 Å². The average Bonchev–Trinajstić information content (AvgIpc) is 2.55. The van der Waals surface area contributed by atoms with E-state index in [1.165, 1.54) is 0 Å². The molecule has 0 heterocycles. The van der Waals surface area contributed by atoms with Gasteiger partial charge in [-0.25, -0.2) is 8.78 Å². The molecule has 1 aliphatic carbocycles. The van der Waals surface area contributed by atoms with Crippen LogP contribution >= 0.6 is 0 Å². The minimum atomic E-state index is -3.24. The molecule has 1 aromatic rings. The summed E-state index contributed by atoms with van der Waals surface area (Å²) >= 11 is 0. The predicted molar refractivity (Wildman–Crippen MR) is 86.4 cm³/mol. The van der Waals surface area contributed by atoms with Crippen molar-refractivity contribution < 1.29 is 22.3 Å². The smallest absolute Gasteiger partial charge is 0.387 e. The molecule has 0 atom stereocenters. The molecule has 0 radical (unpaired) electrons. The SMILES string of the molecule is CCC/C=C/CC1CCC(c2cc(F)c(OC(F)F)c(F)c2)CC1. The summed E-state index contributed by atoms with van der Waals surface area (Å²) in [6.45, 7) is -1.10. The van der Waals surface area contributed by atoms with Crippen molar-refractivity contribution in [3.05, 3.63) is 41.5 Å². The molecule has 0 saturated heterocycles. The summed E-state index contributed by atoms with van der Waals surface area (Å²) in [6.07, 6.45) is 11.5. The summed E-state index contributed by atoms with van der Waals surface area (Å²) in [5.41, 5.74) is 0.534. The zero-order valence-electron chi connectivity index (χ0n) is 13.9. The van der Waals surface area contributed by atoms with E-state index in [4.69, 9.17) is 0 Å². The molecule has 134 valence electrons. The molecular weight excluding hydrogens is 320 g/mol. The van der Waals surface area contributed by atoms with Crippen molar-refractivity contribution in [3.63, 3.8) is 0 Å². The molecule has 24 heavy (non-hydrogen) atoms. The summed E-state index contributed by atoms with van der Waals surface area (Å²) in [5, 5.41) is 0. The van der Waals surface area contributed by atoms with Crippen LogP contribution in [0.2, 0.25) is 0 Å². The Morgan fingerprint density at radius 3 is 2.25 bits per heavy atom. The third kappa shape index (κ3) is 5.25. The van der Waals surface area contributed by atoms with Crippen LogP contribution in [0.1, 0.15) is 63.4 Å². The highest BCUT2D eigenvalue weighted by Gasteiger charge is 2.24. The Hall–Kier alpha value is -1.52. The van der Waals surface area contributed by atoms with Crippen LogP contribution in [0.5, 0.6) is 5.75 Å². The highest BCUT2D eigenvalue weighted by atomic mass is 19.3. The van der Waals surface area contributed by atoms with E-state index in [1.54, 1.807) is 0 Å². The van der Waals surface area contributed by atoms with Crippen LogP contribution in [0.25, 0.3) is 0 Å². The van der Waals surface area contributed by atoms with Gasteiger partial charge in [-0.3, -0.25) is 0 Å². The number of halogens is 4. The molecule has 2 rings (SSSR count). The number of allylic oxidation sites excluding steroid dienone is 2. The van der Waals surface area contributed by atoms with Gasteiger partial charge in [0.25, 0.3) is 0 Å². The van der Waals surface area contributed by atoms with Crippen molar-refractivity contribution in [1.29, 1.82) is 0 Å². The first-order valence-electron chi connectivity index (χ1n) is 8.60. The van der Waals surface area contributed by atoms with Gasteiger partial charge in [0.2, 0.25) is 0 Å². The molecule has 0 aromatic heterocycles. The third-order valence-electron chi connectivity index (χ3n) is 4.64. The minimum absolute atomic E-state index is 0.0745. The van der Waals surface area contributed by atoms with Gasteiger partial charge < -0.3 is 4.74 Å². The lowest BCUT2D eigenvalue weighted by Crippen LogP contribution is -2.14. The maximum atomic E-state index is 13.8. The maximum absolute atomic E-state index is 13.8. The van der Waals surface area contributed by atoms with Crippen molar-refractivity contribution in [2.24, 2.45) is 5.92 Å². The van der Waals surface area contributed by atoms with Crippen LogP contribution in [0.3, 0.4) is 0 Å². The van der Waals surface area contributed by atoms with Crippen LogP contribution in [0, 0.1) is 17.6 Å². The molecular formula is C19H24F4O. The van der Waals surface area contributed by atoms with Crippen molar-refractivity contribution in [2.45, 2.75) is 64.4 Å². The second-order valence-electron chi connectivity index (χ2n) is 6.41. The number of rotatable bonds is 7. The summed E-state index contributed by atoms with van der Waals surface area (Å²) in [6, 6.07) is 2.26. The van der Waals surface area contributed by atoms with E-state index >= 15 is 0 Å². The zero-order valence-corrected chi connectivity index (χ0v) is 13.9. The second-order valence-corrected chi connectivity index (χ2v) is 6.41. The van der Waals surface area contributed by atoms with E-state index in [-0.39, 0.29) is 5.92 Å². The van der Waals surface area contributed by atoms with E-state index < -0.39 is 24.0 Å². The Morgan fingerprint density at radius 2 is 1.71 bits per heavy atom. The summed E-state index contributed by atoms with van der Waals surface area (Å²) < 4.78 is 55.9. The zero-order chi connectivity index (χ0) is 17.5. The Kier molecular flexibility index (Phi) is 7.13. The molecule has 0 spiro atoms. The Bertz CT molecular complexity index is 525. The Balaban J connectivity index is 1.94. The first-order chi connectivity index (χ1) is 11.5. The standard InChI is InChI=1S/C19H24F4O/c1-2-3-4-5-6-13-7-9-14(10-8-13)15-11-16(20)18(17(21)12-15)24-19(22)23/h4-5,11-14,19H,2-3,6-10H2,1H3/b5-4+. The minimum Gasteiger partial charge on any atom is -0.429 e. The predicted octanol–water partition coefficient (Wildman–Crippen LogP) is 6.59. The van der Waals surface area contributed by atoms with E-state index in [0.29, 0.717) is 11.5 Å². The largest absolute Gasteiger partial charge is 0.429 e. The van der Waals surface area contributed by atoms with Gasteiger partial charge in [-0.05, 0) is 68.1 Å². The number of ether oxygens (including phenoxy) is 1. The monoisotopic (exact) mass is 344 g/mol. The number of unbranched alkanes of at least 4 members (excludes halogenated alkanes) is 1. The highest BCUT2D eigenvalue weighted by Crippen LogP contribution is 2.39. The van der Waals surface area contributed by atoms with Gasteiger partial charge in [0.15, 0.2) is 17.4 Å². The lowest BCUT2D eigenvalue weighted by molar-refractivity contribution is -0.0546. The fourth-order valence-electron chi connectivity index (χ4n) is 3.32. The van der Waals surface area contributed by atoms with E-state index in [1.807, 2.05) is 0 Å².